The van der Waals surface area contributed by atoms with Gasteiger partial charge in [0.15, 0.2) is 0 Å². The first kappa shape index (κ1) is 10.6. The van der Waals surface area contributed by atoms with Crippen molar-refractivity contribution in [3.63, 3.8) is 0 Å². The summed E-state index contributed by atoms with van der Waals surface area (Å²) in [4.78, 5) is 10.9. The first-order chi connectivity index (χ1) is 6.46. The van der Waals surface area contributed by atoms with E-state index in [4.69, 9.17) is 0 Å². The van der Waals surface area contributed by atoms with Gasteiger partial charge in [-0.2, -0.15) is 13.2 Å². The lowest BCUT2D eigenvalue weighted by molar-refractivity contribution is -0.138. The second kappa shape index (κ2) is 3.69. The van der Waals surface area contributed by atoms with Crippen molar-refractivity contribution < 1.29 is 22.7 Å². The molecule has 2 nitrogen and oxygen atoms in total. The topological polar surface area (TPSA) is 26.3 Å². The molecule has 0 spiro atoms. The number of carbonyl (C=O) groups excluding carboxylic acids is 1. The van der Waals surface area contributed by atoms with Crippen molar-refractivity contribution in [1.29, 1.82) is 0 Å². The van der Waals surface area contributed by atoms with Gasteiger partial charge in [-0.1, -0.05) is 6.07 Å². The van der Waals surface area contributed by atoms with Crippen LogP contribution in [0.3, 0.4) is 0 Å². The van der Waals surface area contributed by atoms with Crippen LogP contribution in [0.25, 0.3) is 0 Å². The summed E-state index contributed by atoms with van der Waals surface area (Å²) < 4.78 is 41.2. The minimum Gasteiger partial charge on any atom is -0.465 e. The normalized spacial score (nSPS) is 11.1. The zero-order chi connectivity index (χ0) is 10.8. The molecule has 0 aromatic heterocycles. The van der Waals surface area contributed by atoms with E-state index in [0.717, 1.165) is 25.3 Å². The smallest absolute Gasteiger partial charge is 0.417 e. The van der Waals surface area contributed by atoms with E-state index in [1.807, 2.05) is 0 Å². The maximum atomic E-state index is 12.3. The molecule has 0 unspecified atom stereocenters. The molecule has 0 aliphatic carbocycles. The minimum atomic E-state index is -4.56. The Morgan fingerprint density at radius 1 is 1.50 bits per heavy atom. The monoisotopic (exact) mass is 203 g/mol. The number of halogens is 3. The number of hydrogen-bond donors (Lipinski definition) is 0. The predicted molar refractivity (Wildman–Crippen MR) is 41.6 cm³/mol. The fourth-order valence-electron chi connectivity index (χ4n) is 0.956. The summed E-state index contributed by atoms with van der Waals surface area (Å²) in [7, 11) is 1.02. The molecule has 1 aromatic carbocycles. The third-order valence-corrected chi connectivity index (χ3v) is 1.57. The summed E-state index contributed by atoms with van der Waals surface area (Å²) in [5, 5.41) is 0. The Morgan fingerprint density at radius 2 is 2.14 bits per heavy atom. The van der Waals surface area contributed by atoms with E-state index in [2.05, 4.69) is 10.8 Å². The second-order valence-electron chi connectivity index (χ2n) is 2.46. The van der Waals surface area contributed by atoms with Crippen LogP contribution in [0.2, 0.25) is 0 Å². The molecular weight excluding hydrogens is 197 g/mol. The van der Waals surface area contributed by atoms with Gasteiger partial charge in [0, 0.05) is 0 Å². The van der Waals surface area contributed by atoms with Gasteiger partial charge in [0.1, 0.15) is 0 Å². The highest BCUT2D eigenvalue weighted by atomic mass is 19.4. The molecule has 1 aromatic rings. The number of benzene rings is 1. The Labute approximate surface area is 78.3 Å². The number of carbonyl (C=O) groups is 1. The van der Waals surface area contributed by atoms with Crippen molar-refractivity contribution in [2.24, 2.45) is 0 Å². The highest BCUT2D eigenvalue weighted by molar-refractivity contribution is 5.91. The summed E-state index contributed by atoms with van der Waals surface area (Å²) in [6, 6.07) is 5.22. The van der Waals surface area contributed by atoms with Gasteiger partial charge in [-0.3, -0.25) is 0 Å². The van der Waals surface area contributed by atoms with E-state index in [-0.39, 0.29) is 0 Å². The van der Waals surface area contributed by atoms with E-state index >= 15 is 0 Å². The van der Waals surface area contributed by atoms with Crippen LogP contribution >= 0.6 is 0 Å². The number of esters is 1. The van der Waals surface area contributed by atoms with Crippen molar-refractivity contribution in [2.45, 2.75) is 6.18 Å². The van der Waals surface area contributed by atoms with Crippen molar-refractivity contribution in [3.05, 3.63) is 35.4 Å². The maximum Gasteiger partial charge on any atom is 0.417 e. The van der Waals surface area contributed by atoms with E-state index in [1.165, 1.54) is 0 Å². The molecule has 75 valence electrons. The molecule has 0 bridgehead atoms. The van der Waals surface area contributed by atoms with Crippen molar-refractivity contribution in [3.8, 4) is 0 Å². The molecule has 0 heterocycles. The van der Waals surface area contributed by atoms with Crippen LogP contribution in [0, 0.1) is 6.07 Å². The Morgan fingerprint density at radius 3 is 2.64 bits per heavy atom. The lowest BCUT2D eigenvalue weighted by Gasteiger charge is -2.10. The average Bonchev–Trinajstić information content (AvgIpc) is 2.15. The zero-order valence-electron chi connectivity index (χ0n) is 7.18. The van der Waals surface area contributed by atoms with Gasteiger partial charge in [-0.25, -0.2) is 4.79 Å². The Kier molecular flexibility index (Phi) is 2.78. The highest BCUT2D eigenvalue weighted by Gasteiger charge is 2.35. The lowest BCUT2D eigenvalue weighted by atomic mass is 10.1. The van der Waals surface area contributed by atoms with Crippen molar-refractivity contribution in [1.82, 2.24) is 0 Å². The molecule has 0 N–H and O–H groups in total. The third kappa shape index (κ3) is 2.04. The first-order valence-corrected chi connectivity index (χ1v) is 3.62. The summed E-state index contributed by atoms with van der Waals surface area (Å²) in [6.45, 7) is 0. The molecule has 0 amide bonds. The zero-order valence-corrected chi connectivity index (χ0v) is 7.18. The van der Waals surface area contributed by atoms with E-state index in [9.17, 15) is 18.0 Å². The van der Waals surface area contributed by atoms with E-state index < -0.39 is 23.3 Å². The quantitative estimate of drug-likeness (QED) is 0.654. The minimum absolute atomic E-state index is 0.525. The van der Waals surface area contributed by atoms with Gasteiger partial charge >= 0.3 is 12.1 Å². The molecular formula is C9H6F3O2. The van der Waals surface area contributed by atoms with Crippen LogP contribution in [-0.2, 0) is 10.9 Å². The van der Waals surface area contributed by atoms with Crippen LogP contribution < -0.4 is 0 Å². The van der Waals surface area contributed by atoms with E-state index in [0.29, 0.717) is 0 Å². The van der Waals surface area contributed by atoms with Gasteiger partial charge in [0.2, 0.25) is 0 Å². The van der Waals surface area contributed by atoms with Crippen LogP contribution in [0.4, 0.5) is 13.2 Å². The first-order valence-electron chi connectivity index (χ1n) is 3.62. The van der Waals surface area contributed by atoms with E-state index in [1.54, 1.807) is 0 Å². The molecule has 5 heteroatoms. The van der Waals surface area contributed by atoms with Crippen LogP contribution in [0.15, 0.2) is 18.2 Å². The number of alkyl halides is 3. The second-order valence-corrected chi connectivity index (χ2v) is 2.46. The molecule has 0 fully saturated rings. The highest BCUT2D eigenvalue weighted by Crippen LogP contribution is 2.31. The fraction of sp³-hybridized carbons (Fsp3) is 0.222. The number of methoxy groups -OCH3 is 1. The maximum absolute atomic E-state index is 12.3. The summed E-state index contributed by atoms with van der Waals surface area (Å²) in [6.07, 6.45) is -4.56. The number of rotatable bonds is 1. The number of ether oxygens (including phenoxy) is 1. The largest absolute Gasteiger partial charge is 0.465 e. The Bertz CT molecular complexity index is 344. The fourth-order valence-corrected chi connectivity index (χ4v) is 0.956. The van der Waals surface area contributed by atoms with Gasteiger partial charge in [-0.15, -0.1) is 0 Å². The van der Waals surface area contributed by atoms with Crippen LogP contribution in [-0.4, -0.2) is 13.1 Å². The average molecular weight is 203 g/mol. The summed E-state index contributed by atoms with van der Waals surface area (Å²) >= 11 is 0. The van der Waals surface area contributed by atoms with Gasteiger partial charge < -0.3 is 4.74 Å². The Balaban J connectivity index is 3.23. The van der Waals surface area contributed by atoms with Gasteiger partial charge in [-0.05, 0) is 18.2 Å². The summed E-state index contributed by atoms with van der Waals surface area (Å²) in [5.41, 5.74) is -1.54. The molecule has 0 saturated heterocycles. The molecule has 0 aliphatic rings. The standard InChI is InChI=1S/C9H6F3O2/c1-14-8(13)6-4-2-3-5-7(6)9(10,11)12/h3-5H,1H3. The number of hydrogen-bond acceptors (Lipinski definition) is 2. The van der Waals surface area contributed by atoms with Gasteiger partial charge in [0.25, 0.3) is 0 Å². The molecule has 14 heavy (non-hydrogen) atoms. The summed E-state index contributed by atoms with van der Waals surface area (Å²) in [5.74, 6) is -1.02. The molecule has 0 saturated carbocycles. The SMILES string of the molecule is COC(=O)c1c[c]ccc1C(F)(F)F. The predicted octanol–water partition coefficient (Wildman–Crippen LogP) is 2.29. The molecule has 0 aliphatic heterocycles. The molecule has 1 rings (SSSR count). The third-order valence-electron chi connectivity index (χ3n) is 1.57. The van der Waals surface area contributed by atoms with Crippen molar-refractivity contribution >= 4 is 5.97 Å². The molecule has 1 radical (unpaired) electrons. The van der Waals surface area contributed by atoms with Crippen LogP contribution in [0.5, 0.6) is 0 Å². The molecule has 0 atom stereocenters. The van der Waals surface area contributed by atoms with Crippen LogP contribution in [0.1, 0.15) is 15.9 Å². The van der Waals surface area contributed by atoms with Gasteiger partial charge in [0.05, 0.1) is 18.2 Å². The lowest BCUT2D eigenvalue weighted by Crippen LogP contribution is -2.13. The Hall–Kier alpha value is -1.52. The van der Waals surface area contributed by atoms with Crippen molar-refractivity contribution in [2.75, 3.05) is 7.11 Å².